The third kappa shape index (κ3) is 7.54. The molecule has 0 rings (SSSR count). The highest BCUT2D eigenvalue weighted by atomic mass is 79.9. The predicted octanol–water partition coefficient (Wildman–Crippen LogP) is 5.16. The lowest BCUT2D eigenvalue weighted by atomic mass is 9.98. The van der Waals surface area contributed by atoms with Crippen molar-refractivity contribution in [3.8, 4) is 0 Å². The van der Waals surface area contributed by atoms with Crippen LogP contribution in [0.5, 0.6) is 0 Å². The van der Waals surface area contributed by atoms with Crippen molar-refractivity contribution in [3.05, 3.63) is 0 Å². The molecular weight excluding hydrogens is 224 g/mol. The van der Waals surface area contributed by atoms with Gasteiger partial charge < -0.3 is 0 Å². The second-order valence-electron chi connectivity index (χ2n) is 4.10. The minimum absolute atomic E-state index is 0.735. The van der Waals surface area contributed by atoms with Crippen LogP contribution in [0.25, 0.3) is 0 Å². The molecule has 0 saturated heterocycles. The van der Waals surface area contributed by atoms with Crippen LogP contribution < -0.4 is 0 Å². The van der Waals surface area contributed by atoms with E-state index in [2.05, 4.69) is 36.7 Å². The van der Waals surface area contributed by atoms with Crippen LogP contribution in [0.2, 0.25) is 0 Å². The Morgan fingerprint density at radius 2 is 1.62 bits per heavy atom. The van der Waals surface area contributed by atoms with Gasteiger partial charge in [-0.2, -0.15) is 0 Å². The van der Waals surface area contributed by atoms with Gasteiger partial charge >= 0.3 is 0 Å². The van der Waals surface area contributed by atoms with Crippen LogP contribution >= 0.6 is 15.9 Å². The number of halogens is 1. The van der Waals surface area contributed by atoms with Gasteiger partial charge in [0, 0.05) is 4.83 Å². The quantitative estimate of drug-likeness (QED) is 0.412. The Bertz CT molecular complexity index is 101. The summed E-state index contributed by atoms with van der Waals surface area (Å²) in [6.07, 6.45) is 9.71. The van der Waals surface area contributed by atoms with Gasteiger partial charge in [0.05, 0.1) is 0 Å². The molecule has 0 radical (unpaired) electrons. The third-order valence-corrected chi connectivity index (χ3v) is 4.32. The molecule has 0 spiro atoms. The summed E-state index contributed by atoms with van der Waals surface area (Å²) in [6.45, 7) is 6.89. The van der Waals surface area contributed by atoms with Crippen molar-refractivity contribution in [3.63, 3.8) is 0 Å². The summed E-state index contributed by atoms with van der Waals surface area (Å²) in [4.78, 5) is 0.735. The zero-order valence-corrected chi connectivity index (χ0v) is 11.1. The Kier molecular flexibility index (Phi) is 9.39. The fourth-order valence-electron chi connectivity index (χ4n) is 1.65. The summed E-state index contributed by atoms with van der Waals surface area (Å²) < 4.78 is 0. The van der Waals surface area contributed by atoms with Gasteiger partial charge in [0.2, 0.25) is 0 Å². The van der Waals surface area contributed by atoms with Crippen molar-refractivity contribution in [2.75, 3.05) is 0 Å². The molecule has 2 unspecified atom stereocenters. The predicted molar refractivity (Wildman–Crippen MR) is 65.5 cm³/mol. The molecule has 0 aliphatic heterocycles. The maximum atomic E-state index is 3.73. The van der Waals surface area contributed by atoms with Crippen molar-refractivity contribution in [2.24, 2.45) is 5.92 Å². The highest BCUT2D eigenvalue weighted by Gasteiger charge is 2.10. The molecule has 0 aliphatic carbocycles. The van der Waals surface area contributed by atoms with E-state index in [4.69, 9.17) is 0 Å². The lowest BCUT2D eigenvalue weighted by Gasteiger charge is -2.16. The minimum Gasteiger partial charge on any atom is -0.0888 e. The van der Waals surface area contributed by atoms with Gasteiger partial charge in [0.25, 0.3) is 0 Å². The molecule has 0 amide bonds. The number of alkyl halides is 1. The van der Waals surface area contributed by atoms with Crippen molar-refractivity contribution in [1.82, 2.24) is 0 Å². The average Bonchev–Trinajstić information content (AvgIpc) is 2.16. The normalized spacial score (nSPS) is 15.7. The molecule has 0 bridgehead atoms. The lowest BCUT2D eigenvalue weighted by molar-refractivity contribution is 0.468. The molecule has 0 heterocycles. The molecule has 0 aromatic rings. The van der Waals surface area contributed by atoms with E-state index < -0.39 is 0 Å². The second-order valence-corrected chi connectivity index (χ2v) is 5.28. The fourth-order valence-corrected chi connectivity index (χ4v) is 1.92. The van der Waals surface area contributed by atoms with E-state index >= 15 is 0 Å². The SMILES string of the molecule is CCCCCCCC(C)C(Br)CC. The van der Waals surface area contributed by atoms with Crippen molar-refractivity contribution < 1.29 is 0 Å². The highest BCUT2D eigenvalue weighted by molar-refractivity contribution is 9.09. The minimum atomic E-state index is 0.735. The van der Waals surface area contributed by atoms with Crippen LogP contribution in [0, 0.1) is 5.92 Å². The van der Waals surface area contributed by atoms with Crippen molar-refractivity contribution in [2.45, 2.75) is 70.5 Å². The number of rotatable bonds is 8. The highest BCUT2D eigenvalue weighted by Crippen LogP contribution is 2.21. The molecule has 0 aliphatic rings. The molecule has 0 fully saturated rings. The molecule has 0 aromatic heterocycles. The monoisotopic (exact) mass is 248 g/mol. The summed E-state index contributed by atoms with van der Waals surface area (Å²) in [5, 5.41) is 0. The van der Waals surface area contributed by atoms with Gasteiger partial charge in [-0.25, -0.2) is 0 Å². The summed E-state index contributed by atoms with van der Waals surface area (Å²) >= 11 is 3.73. The Morgan fingerprint density at radius 1 is 1.00 bits per heavy atom. The van der Waals surface area contributed by atoms with Gasteiger partial charge in [-0.15, -0.1) is 0 Å². The Labute approximate surface area is 92.6 Å². The van der Waals surface area contributed by atoms with E-state index in [0.717, 1.165) is 10.7 Å². The molecule has 13 heavy (non-hydrogen) atoms. The zero-order valence-electron chi connectivity index (χ0n) is 9.48. The van der Waals surface area contributed by atoms with E-state index in [9.17, 15) is 0 Å². The smallest absolute Gasteiger partial charge is 0.0168 e. The molecular formula is C12H25Br. The summed E-state index contributed by atoms with van der Waals surface area (Å²) in [6, 6.07) is 0. The van der Waals surface area contributed by atoms with Crippen molar-refractivity contribution in [1.29, 1.82) is 0 Å². The van der Waals surface area contributed by atoms with Crippen LogP contribution in [-0.2, 0) is 0 Å². The molecule has 0 N–H and O–H groups in total. The van der Waals surface area contributed by atoms with E-state index in [-0.39, 0.29) is 0 Å². The molecule has 0 saturated carbocycles. The first-order valence-electron chi connectivity index (χ1n) is 5.86. The van der Waals surface area contributed by atoms with Gasteiger partial charge in [-0.05, 0) is 18.8 Å². The van der Waals surface area contributed by atoms with E-state index in [1.165, 1.54) is 44.9 Å². The standard InChI is InChI=1S/C12H25Br/c1-4-6-7-8-9-10-11(3)12(13)5-2/h11-12H,4-10H2,1-3H3. The van der Waals surface area contributed by atoms with Gasteiger partial charge in [0.15, 0.2) is 0 Å². The van der Waals surface area contributed by atoms with Gasteiger partial charge in [-0.3, -0.25) is 0 Å². The van der Waals surface area contributed by atoms with Crippen LogP contribution in [0.1, 0.15) is 65.7 Å². The topological polar surface area (TPSA) is 0 Å². The Balaban J connectivity index is 3.21. The number of unbranched alkanes of at least 4 members (excludes halogenated alkanes) is 4. The van der Waals surface area contributed by atoms with Crippen LogP contribution in [0.4, 0.5) is 0 Å². The maximum Gasteiger partial charge on any atom is 0.0168 e. The van der Waals surface area contributed by atoms with Crippen LogP contribution in [0.3, 0.4) is 0 Å². The first-order valence-corrected chi connectivity index (χ1v) is 6.78. The van der Waals surface area contributed by atoms with E-state index in [0.29, 0.717) is 0 Å². The third-order valence-electron chi connectivity index (χ3n) is 2.77. The Morgan fingerprint density at radius 3 is 2.15 bits per heavy atom. The van der Waals surface area contributed by atoms with Crippen LogP contribution in [-0.4, -0.2) is 4.83 Å². The van der Waals surface area contributed by atoms with Gasteiger partial charge in [0.1, 0.15) is 0 Å². The first kappa shape index (κ1) is 13.5. The summed E-state index contributed by atoms with van der Waals surface area (Å²) in [5.74, 6) is 0.853. The van der Waals surface area contributed by atoms with Gasteiger partial charge in [-0.1, -0.05) is 68.8 Å². The lowest BCUT2D eigenvalue weighted by Crippen LogP contribution is -2.09. The maximum absolute atomic E-state index is 3.73. The van der Waals surface area contributed by atoms with Crippen molar-refractivity contribution >= 4 is 15.9 Å². The number of hydrogen-bond acceptors (Lipinski definition) is 0. The molecule has 80 valence electrons. The average molecular weight is 249 g/mol. The van der Waals surface area contributed by atoms with E-state index in [1.807, 2.05) is 0 Å². The molecule has 0 aromatic carbocycles. The largest absolute Gasteiger partial charge is 0.0888 e. The second kappa shape index (κ2) is 9.05. The summed E-state index contributed by atoms with van der Waals surface area (Å²) in [7, 11) is 0. The molecule has 2 atom stereocenters. The summed E-state index contributed by atoms with van der Waals surface area (Å²) in [5.41, 5.74) is 0. The van der Waals surface area contributed by atoms with Crippen LogP contribution in [0.15, 0.2) is 0 Å². The fraction of sp³-hybridized carbons (Fsp3) is 1.00. The molecule has 1 heteroatoms. The number of hydrogen-bond donors (Lipinski definition) is 0. The Hall–Kier alpha value is 0.480. The van der Waals surface area contributed by atoms with E-state index in [1.54, 1.807) is 0 Å². The molecule has 0 nitrogen and oxygen atoms in total. The zero-order chi connectivity index (χ0) is 10.1. The first-order chi connectivity index (χ1) is 6.22.